The molecule has 0 aromatic rings. The van der Waals surface area contributed by atoms with E-state index in [1.54, 1.807) is 0 Å². The number of hydroxylamine groups is 2. The Labute approximate surface area is 64.8 Å². The molecule has 0 saturated heterocycles. The monoisotopic (exact) mass is 184 g/mol. The summed E-state index contributed by atoms with van der Waals surface area (Å²) < 4.78 is 25.0. The number of nitrogens with zero attached hydrogens (tertiary/aromatic N) is 1. The van der Waals surface area contributed by atoms with E-state index in [0.717, 1.165) is 11.3 Å². The first-order chi connectivity index (χ1) is 4.33. The van der Waals surface area contributed by atoms with E-state index in [-0.39, 0.29) is 5.11 Å². The summed E-state index contributed by atoms with van der Waals surface area (Å²) in [5.41, 5.74) is 5.01. The molecule has 0 rings (SSSR count). The number of hydrogen-bond acceptors (Lipinski definition) is 4. The highest BCUT2D eigenvalue weighted by Crippen LogP contribution is 1.91. The lowest BCUT2D eigenvalue weighted by molar-refractivity contribution is 0.0600. The summed E-state index contributed by atoms with van der Waals surface area (Å²) in [6, 6.07) is 0. The molecule has 2 N–H and O–H groups in total. The van der Waals surface area contributed by atoms with E-state index in [1.807, 2.05) is 0 Å². The molecule has 0 amide bonds. The van der Waals surface area contributed by atoms with Gasteiger partial charge in [0.05, 0.1) is 6.26 Å². The van der Waals surface area contributed by atoms with Gasteiger partial charge in [0.15, 0.2) is 5.11 Å². The maximum Gasteiger partial charge on any atom is 0.285 e. The van der Waals surface area contributed by atoms with Gasteiger partial charge in [-0.05, 0) is 12.2 Å². The zero-order valence-corrected chi connectivity index (χ0v) is 7.20. The molecular weight excluding hydrogens is 176 g/mol. The molecule has 10 heavy (non-hydrogen) atoms. The van der Waals surface area contributed by atoms with Crippen LogP contribution in [0, 0.1) is 0 Å². The van der Waals surface area contributed by atoms with E-state index >= 15 is 0 Å². The average molecular weight is 184 g/mol. The van der Waals surface area contributed by atoms with E-state index in [1.165, 1.54) is 7.05 Å². The minimum atomic E-state index is -3.51. The van der Waals surface area contributed by atoms with Crippen molar-refractivity contribution in [3.8, 4) is 0 Å². The molecule has 0 saturated carbocycles. The summed E-state index contributed by atoms with van der Waals surface area (Å²) in [4.78, 5) is 0. The number of thiocarbonyl (C=S) groups is 1. The predicted octanol–water partition coefficient (Wildman–Crippen LogP) is -0.947. The molecule has 0 aliphatic rings. The van der Waals surface area contributed by atoms with Crippen LogP contribution >= 0.6 is 12.2 Å². The molecule has 60 valence electrons. The fourth-order valence-electron chi connectivity index (χ4n) is 0.240. The van der Waals surface area contributed by atoms with Gasteiger partial charge in [0.1, 0.15) is 0 Å². The van der Waals surface area contributed by atoms with Gasteiger partial charge in [0.2, 0.25) is 0 Å². The van der Waals surface area contributed by atoms with Crippen LogP contribution in [0.4, 0.5) is 0 Å². The molecule has 0 unspecified atom stereocenters. The molecule has 0 aromatic heterocycles. The van der Waals surface area contributed by atoms with E-state index in [0.29, 0.717) is 0 Å². The lowest BCUT2D eigenvalue weighted by Gasteiger charge is -2.12. The number of hydrogen-bond donors (Lipinski definition) is 1. The molecule has 0 spiro atoms. The standard InChI is InChI=1S/C3H8N2O3S2/c1-5(3(4)9)8-10(2,6)7/h1-2H3,(H2,4,9). The van der Waals surface area contributed by atoms with Crippen LogP contribution in [0.1, 0.15) is 0 Å². The molecule has 0 aliphatic heterocycles. The topological polar surface area (TPSA) is 72.6 Å². The zero-order valence-electron chi connectivity index (χ0n) is 5.57. The first-order valence-corrected chi connectivity index (χ1v) is 4.48. The fraction of sp³-hybridized carbons (Fsp3) is 0.667. The van der Waals surface area contributed by atoms with Crippen molar-refractivity contribution in [1.82, 2.24) is 5.06 Å². The lowest BCUT2D eigenvalue weighted by Crippen LogP contribution is -2.33. The molecule has 7 heteroatoms. The largest absolute Gasteiger partial charge is 0.374 e. The third-order valence-corrected chi connectivity index (χ3v) is 1.31. The van der Waals surface area contributed by atoms with Gasteiger partial charge in [-0.15, -0.1) is 4.28 Å². The van der Waals surface area contributed by atoms with Crippen LogP contribution in [0.3, 0.4) is 0 Å². The Kier molecular flexibility index (Phi) is 3.00. The SMILES string of the molecule is CN(OS(C)(=O)=O)C(N)=S. The van der Waals surface area contributed by atoms with Gasteiger partial charge >= 0.3 is 0 Å². The average Bonchev–Trinajstić information content (AvgIpc) is 1.60. The summed E-state index contributed by atoms with van der Waals surface area (Å²) in [6.45, 7) is 0. The van der Waals surface area contributed by atoms with Crippen LogP contribution in [0.15, 0.2) is 0 Å². The normalized spacial score (nSPS) is 11.0. The highest BCUT2D eigenvalue weighted by atomic mass is 32.2. The molecule has 0 atom stereocenters. The van der Waals surface area contributed by atoms with Gasteiger partial charge in [0.25, 0.3) is 10.1 Å². The second-order valence-corrected chi connectivity index (χ2v) is 3.59. The van der Waals surface area contributed by atoms with Crippen LogP contribution in [0.5, 0.6) is 0 Å². The van der Waals surface area contributed by atoms with Crippen molar-refractivity contribution in [2.75, 3.05) is 13.3 Å². The van der Waals surface area contributed by atoms with Crippen molar-refractivity contribution in [2.45, 2.75) is 0 Å². The van der Waals surface area contributed by atoms with Gasteiger partial charge in [-0.1, -0.05) is 0 Å². The van der Waals surface area contributed by atoms with Gasteiger partial charge in [-0.2, -0.15) is 8.42 Å². The summed E-state index contributed by atoms with van der Waals surface area (Å²) in [7, 11) is -2.20. The molecule has 0 aliphatic carbocycles. The summed E-state index contributed by atoms with van der Waals surface area (Å²) in [5, 5.41) is 0.662. The van der Waals surface area contributed by atoms with Crippen molar-refractivity contribution in [3.63, 3.8) is 0 Å². The Morgan fingerprint density at radius 1 is 1.70 bits per heavy atom. The van der Waals surface area contributed by atoms with Crippen LogP contribution in [-0.2, 0) is 14.4 Å². The minimum absolute atomic E-state index is 0.134. The third-order valence-electron chi connectivity index (χ3n) is 0.558. The second-order valence-electron chi connectivity index (χ2n) is 1.61. The number of rotatable bonds is 2. The molecule has 0 fully saturated rings. The van der Waals surface area contributed by atoms with E-state index < -0.39 is 10.1 Å². The van der Waals surface area contributed by atoms with Gasteiger partial charge in [0, 0.05) is 7.05 Å². The van der Waals surface area contributed by atoms with Crippen LogP contribution in [0.2, 0.25) is 0 Å². The van der Waals surface area contributed by atoms with Crippen molar-refractivity contribution in [1.29, 1.82) is 0 Å². The maximum absolute atomic E-state index is 10.4. The molecule has 0 bridgehead atoms. The van der Waals surface area contributed by atoms with Gasteiger partial charge in [-0.3, -0.25) is 0 Å². The molecule has 0 aromatic carbocycles. The molecule has 5 nitrogen and oxygen atoms in total. The van der Waals surface area contributed by atoms with Gasteiger partial charge < -0.3 is 5.73 Å². The zero-order chi connectivity index (χ0) is 8.36. The summed E-state index contributed by atoms with van der Waals surface area (Å²) in [6.07, 6.45) is 0.905. The second kappa shape index (κ2) is 3.13. The first-order valence-electron chi connectivity index (χ1n) is 2.25. The Hall–Kier alpha value is -0.400. The predicted molar refractivity (Wildman–Crippen MR) is 40.5 cm³/mol. The summed E-state index contributed by atoms with van der Waals surface area (Å²) in [5.74, 6) is 0. The van der Waals surface area contributed by atoms with Crippen molar-refractivity contribution < 1.29 is 12.7 Å². The van der Waals surface area contributed by atoms with E-state index in [4.69, 9.17) is 5.73 Å². The first kappa shape index (κ1) is 9.60. The Morgan fingerprint density at radius 2 is 2.10 bits per heavy atom. The highest BCUT2D eigenvalue weighted by molar-refractivity contribution is 7.86. The van der Waals surface area contributed by atoms with E-state index in [9.17, 15) is 8.42 Å². The minimum Gasteiger partial charge on any atom is -0.374 e. The Morgan fingerprint density at radius 3 is 2.20 bits per heavy atom. The fourth-order valence-corrected chi connectivity index (χ4v) is 0.811. The molecular formula is C3H8N2O3S2. The van der Waals surface area contributed by atoms with E-state index in [2.05, 4.69) is 16.5 Å². The highest BCUT2D eigenvalue weighted by Gasteiger charge is 2.07. The quantitative estimate of drug-likeness (QED) is 0.441. The lowest BCUT2D eigenvalue weighted by atomic mass is 11.1. The smallest absolute Gasteiger partial charge is 0.285 e. The van der Waals surface area contributed by atoms with Crippen LogP contribution in [-0.4, -0.2) is 31.9 Å². The van der Waals surface area contributed by atoms with Crippen molar-refractivity contribution >= 4 is 27.4 Å². The van der Waals surface area contributed by atoms with Gasteiger partial charge in [-0.25, -0.2) is 5.06 Å². The summed E-state index contributed by atoms with van der Waals surface area (Å²) >= 11 is 4.40. The Balaban J connectivity index is 4.06. The van der Waals surface area contributed by atoms with Crippen LogP contribution < -0.4 is 5.73 Å². The Bertz CT molecular complexity index is 222. The molecule has 0 radical (unpaired) electrons. The van der Waals surface area contributed by atoms with Crippen molar-refractivity contribution in [2.24, 2.45) is 5.73 Å². The van der Waals surface area contributed by atoms with Crippen molar-refractivity contribution in [3.05, 3.63) is 0 Å². The molecule has 0 heterocycles. The number of nitrogens with two attached hydrogens (primary N) is 1. The third kappa shape index (κ3) is 4.48. The maximum atomic E-state index is 10.4. The van der Waals surface area contributed by atoms with Crippen LogP contribution in [0.25, 0.3) is 0 Å².